The third-order valence-corrected chi connectivity index (χ3v) is 4.90. The molecule has 0 saturated heterocycles. The van der Waals surface area contributed by atoms with Gasteiger partial charge in [0, 0.05) is 18.2 Å². The first-order valence-electron chi connectivity index (χ1n) is 8.91. The predicted octanol–water partition coefficient (Wildman–Crippen LogP) is 4.48. The van der Waals surface area contributed by atoms with Crippen LogP contribution in [-0.2, 0) is 17.9 Å². The Bertz CT molecular complexity index is 923. The van der Waals surface area contributed by atoms with Gasteiger partial charge >= 0.3 is 0 Å². The number of rotatable bonds is 9. The molecule has 0 aliphatic rings. The molecule has 6 nitrogen and oxygen atoms in total. The van der Waals surface area contributed by atoms with Gasteiger partial charge < -0.3 is 14.5 Å². The van der Waals surface area contributed by atoms with Gasteiger partial charge in [-0.05, 0) is 37.1 Å². The first-order valence-corrected chi connectivity index (χ1v) is 9.66. The predicted molar refractivity (Wildman–Crippen MR) is 108 cm³/mol. The van der Waals surface area contributed by atoms with Crippen LogP contribution in [0.25, 0.3) is 0 Å². The number of furan rings is 1. The van der Waals surface area contributed by atoms with Crippen molar-refractivity contribution in [2.24, 2.45) is 0 Å². The van der Waals surface area contributed by atoms with E-state index < -0.39 is 0 Å². The van der Waals surface area contributed by atoms with Crippen LogP contribution in [0.2, 0.25) is 10.2 Å². The van der Waals surface area contributed by atoms with E-state index in [1.54, 1.807) is 17.9 Å². The van der Waals surface area contributed by atoms with E-state index in [1.807, 2.05) is 36.4 Å². The highest BCUT2D eigenvalue weighted by Gasteiger charge is 2.20. The van der Waals surface area contributed by atoms with E-state index in [9.17, 15) is 4.79 Å². The molecule has 3 rings (SSSR count). The van der Waals surface area contributed by atoms with E-state index in [0.29, 0.717) is 54.2 Å². The fraction of sp³-hybridized carbons (Fsp3) is 0.300. The molecule has 148 valence electrons. The molecule has 1 amide bonds. The highest BCUT2D eigenvalue weighted by atomic mass is 35.5. The number of aromatic nitrogens is 2. The molecule has 2 heterocycles. The van der Waals surface area contributed by atoms with Crippen molar-refractivity contribution in [2.45, 2.75) is 26.5 Å². The van der Waals surface area contributed by atoms with Crippen LogP contribution in [0.4, 0.5) is 0 Å². The average molecular weight is 422 g/mol. The number of hydrogen-bond acceptors (Lipinski definition) is 4. The molecule has 2 aromatic heterocycles. The van der Waals surface area contributed by atoms with E-state index in [1.165, 1.54) is 0 Å². The summed E-state index contributed by atoms with van der Waals surface area (Å²) in [5.74, 6) is 0.524. The summed E-state index contributed by atoms with van der Waals surface area (Å²) < 4.78 is 12.3. The molecular formula is C20H21Cl2N3O3. The van der Waals surface area contributed by atoms with Crippen molar-refractivity contribution >= 4 is 29.1 Å². The third-order valence-electron chi connectivity index (χ3n) is 4.15. The van der Waals surface area contributed by atoms with Crippen LogP contribution in [0.5, 0.6) is 0 Å². The average Bonchev–Trinajstić information content (AvgIpc) is 3.28. The van der Waals surface area contributed by atoms with Crippen LogP contribution < -0.4 is 5.32 Å². The van der Waals surface area contributed by atoms with Crippen LogP contribution in [-0.4, -0.2) is 28.8 Å². The molecule has 3 aromatic rings. The van der Waals surface area contributed by atoms with Gasteiger partial charge in [-0.25, -0.2) is 4.68 Å². The van der Waals surface area contributed by atoms with Gasteiger partial charge in [-0.15, -0.1) is 0 Å². The number of carbonyl (C=O) groups is 1. The highest BCUT2D eigenvalue weighted by molar-refractivity contribution is 6.33. The second kappa shape index (κ2) is 9.78. The number of nitrogens with zero attached hydrogens (tertiary/aromatic N) is 2. The minimum atomic E-state index is -0.251. The summed E-state index contributed by atoms with van der Waals surface area (Å²) in [6.45, 7) is 3.56. The molecule has 0 aliphatic carbocycles. The molecule has 0 bridgehead atoms. The standard InChI is InChI=1S/C20H21Cl2N3O3/c1-14-18(19(22)25(24-14)12-15-6-2-3-8-17(15)21)20(26)23-9-5-10-27-13-16-7-4-11-28-16/h2-4,6-8,11H,5,9-10,12-13H2,1H3,(H,23,26). The summed E-state index contributed by atoms with van der Waals surface area (Å²) in [5.41, 5.74) is 1.84. The number of halogens is 2. The largest absolute Gasteiger partial charge is 0.467 e. The van der Waals surface area contributed by atoms with Gasteiger partial charge in [0.25, 0.3) is 5.91 Å². The smallest absolute Gasteiger partial charge is 0.256 e. The number of benzene rings is 1. The third kappa shape index (κ3) is 5.16. The Morgan fingerprint density at radius 1 is 1.25 bits per heavy atom. The van der Waals surface area contributed by atoms with Gasteiger partial charge in [-0.1, -0.05) is 41.4 Å². The zero-order chi connectivity index (χ0) is 19.9. The molecule has 1 N–H and O–H groups in total. The van der Waals surface area contributed by atoms with E-state index in [4.69, 9.17) is 32.4 Å². The van der Waals surface area contributed by atoms with Crippen molar-refractivity contribution in [3.05, 3.63) is 75.4 Å². The van der Waals surface area contributed by atoms with Crippen LogP contribution in [0.3, 0.4) is 0 Å². The number of amides is 1. The molecule has 0 unspecified atom stereocenters. The zero-order valence-corrected chi connectivity index (χ0v) is 17.0. The Kier molecular flexibility index (Phi) is 7.14. The van der Waals surface area contributed by atoms with Gasteiger partial charge in [0.05, 0.1) is 24.1 Å². The van der Waals surface area contributed by atoms with Gasteiger partial charge in [-0.2, -0.15) is 5.10 Å². The summed E-state index contributed by atoms with van der Waals surface area (Å²) in [6.07, 6.45) is 2.29. The molecule has 8 heteroatoms. The Hall–Kier alpha value is -2.28. The molecule has 0 atom stereocenters. The molecule has 28 heavy (non-hydrogen) atoms. The van der Waals surface area contributed by atoms with Crippen molar-refractivity contribution in [3.63, 3.8) is 0 Å². The highest BCUT2D eigenvalue weighted by Crippen LogP contribution is 2.23. The summed E-state index contributed by atoms with van der Waals surface area (Å²) in [4.78, 5) is 12.5. The molecule has 1 aromatic carbocycles. The number of hydrogen-bond donors (Lipinski definition) is 1. The summed E-state index contributed by atoms with van der Waals surface area (Å²) in [5, 5.41) is 8.17. The van der Waals surface area contributed by atoms with Gasteiger partial charge in [0.1, 0.15) is 17.5 Å². The van der Waals surface area contributed by atoms with E-state index in [-0.39, 0.29) is 5.91 Å². The van der Waals surface area contributed by atoms with Crippen molar-refractivity contribution in [3.8, 4) is 0 Å². The van der Waals surface area contributed by atoms with Crippen LogP contribution in [0, 0.1) is 6.92 Å². The SMILES string of the molecule is Cc1nn(Cc2ccccc2Cl)c(Cl)c1C(=O)NCCCOCc1ccco1. The summed E-state index contributed by atoms with van der Waals surface area (Å²) in [6, 6.07) is 11.1. The lowest BCUT2D eigenvalue weighted by Gasteiger charge is -2.07. The second-order valence-corrected chi connectivity index (χ2v) is 7.01. The minimum Gasteiger partial charge on any atom is -0.467 e. The molecular weight excluding hydrogens is 401 g/mol. The summed E-state index contributed by atoms with van der Waals surface area (Å²) >= 11 is 12.6. The normalized spacial score (nSPS) is 11.0. The Morgan fingerprint density at radius 2 is 2.07 bits per heavy atom. The Morgan fingerprint density at radius 3 is 2.82 bits per heavy atom. The van der Waals surface area contributed by atoms with E-state index in [2.05, 4.69) is 10.4 Å². The maximum absolute atomic E-state index is 12.5. The quantitative estimate of drug-likeness (QED) is 0.517. The number of nitrogens with one attached hydrogen (secondary N) is 1. The van der Waals surface area contributed by atoms with Crippen LogP contribution >= 0.6 is 23.2 Å². The lowest BCUT2D eigenvalue weighted by atomic mass is 10.2. The van der Waals surface area contributed by atoms with Crippen molar-refractivity contribution < 1.29 is 13.9 Å². The van der Waals surface area contributed by atoms with E-state index >= 15 is 0 Å². The molecule has 0 spiro atoms. The number of aryl methyl sites for hydroxylation is 1. The monoisotopic (exact) mass is 421 g/mol. The Labute approximate surface area is 173 Å². The Balaban J connectivity index is 1.51. The first kappa shape index (κ1) is 20.5. The van der Waals surface area contributed by atoms with Gasteiger partial charge in [-0.3, -0.25) is 4.79 Å². The maximum Gasteiger partial charge on any atom is 0.256 e. The van der Waals surface area contributed by atoms with Crippen molar-refractivity contribution in [2.75, 3.05) is 13.2 Å². The fourth-order valence-electron chi connectivity index (χ4n) is 2.74. The van der Waals surface area contributed by atoms with Gasteiger partial charge in [0.2, 0.25) is 0 Å². The molecule has 0 saturated carbocycles. The fourth-order valence-corrected chi connectivity index (χ4v) is 3.25. The maximum atomic E-state index is 12.5. The summed E-state index contributed by atoms with van der Waals surface area (Å²) in [7, 11) is 0. The molecule has 0 radical (unpaired) electrons. The molecule has 0 aliphatic heterocycles. The first-order chi connectivity index (χ1) is 13.6. The number of ether oxygens (including phenoxy) is 1. The second-order valence-electron chi connectivity index (χ2n) is 6.24. The number of carbonyl (C=O) groups excluding carboxylic acids is 1. The van der Waals surface area contributed by atoms with Crippen molar-refractivity contribution in [1.29, 1.82) is 0 Å². The van der Waals surface area contributed by atoms with Gasteiger partial charge in [0.15, 0.2) is 0 Å². The van der Waals surface area contributed by atoms with Crippen LogP contribution in [0.15, 0.2) is 47.1 Å². The van der Waals surface area contributed by atoms with Crippen molar-refractivity contribution in [1.82, 2.24) is 15.1 Å². The lowest BCUT2D eigenvalue weighted by Crippen LogP contribution is -2.26. The molecule has 0 fully saturated rings. The van der Waals surface area contributed by atoms with Crippen LogP contribution in [0.1, 0.15) is 33.8 Å². The lowest BCUT2D eigenvalue weighted by molar-refractivity contribution is 0.0916. The topological polar surface area (TPSA) is 69.3 Å². The van der Waals surface area contributed by atoms with E-state index in [0.717, 1.165) is 11.3 Å². The minimum absolute atomic E-state index is 0.251. The zero-order valence-electron chi connectivity index (χ0n) is 15.5.